The van der Waals surface area contributed by atoms with Gasteiger partial charge in [-0.2, -0.15) is 18.2 Å². The van der Waals surface area contributed by atoms with Crippen molar-refractivity contribution in [1.29, 1.82) is 0 Å². The maximum absolute atomic E-state index is 12.5. The predicted octanol–water partition coefficient (Wildman–Crippen LogP) is 3.66. The minimum absolute atomic E-state index is 0.192. The van der Waals surface area contributed by atoms with Crippen LogP contribution >= 0.6 is 0 Å². The summed E-state index contributed by atoms with van der Waals surface area (Å²) in [5, 5.41) is 6.03. The number of carbonyl (C=O) groups excluding carboxylic acids is 1. The molecule has 0 aliphatic carbocycles. The summed E-state index contributed by atoms with van der Waals surface area (Å²) in [5.41, 5.74) is 1.68. The Labute approximate surface area is 149 Å². The molecule has 0 saturated carbocycles. The second kappa shape index (κ2) is 6.24. The van der Waals surface area contributed by atoms with Crippen molar-refractivity contribution in [2.45, 2.75) is 6.18 Å². The highest BCUT2D eigenvalue weighted by molar-refractivity contribution is 6.08. The molecule has 1 N–H and O–H groups in total. The molecular formula is C17H10F3N5O2. The number of fused-ring (bicyclic) bond motifs is 1. The Kier molecular flexibility index (Phi) is 3.87. The molecule has 0 saturated heterocycles. The van der Waals surface area contributed by atoms with Gasteiger partial charge in [-0.05, 0) is 36.4 Å². The van der Waals surface area contributed by atoms with Gasteiger partial charge < -0.3 is 14.2 Å². The van der Waals surface area contributed by atoms with Crippen LogP contribution in [0.4, 0.5) is 18.9 Å². The molecule has 0 aliphatic rings. The SMILES string of the molecule is O=C(Nc1ccc(-c2noc(C(F)(F)F)n2)cc1)c1cccn2ccnc12. The molecule has 0 fully saturated rings. The maximum Gasteiger partial charge on any atom is 0.471 e. The van der Waals surface area contributed by atoms with E-state index in [1.165, 1.54) is 24.3 Å². The van der Waals surface area contributed by atoms with Gasteiger partial charge in [-0.25, -0.2) is 4.98 Å². The van der Waals surface area contributed by atoms with Crippen molar-refractivity contribution in [1.82, 2.24) is 19.5 Å². The van der Waals surface area contributed by atoms with E-state index < -0.39 is 12.1 Å². The highest BCUT2D eigenvalue weighted by atomic mass is 19.4. The van der Waals surface area contributed by atoms with Crippen LogP contribution in [0.2, 0.25) is 0 Å². The van der Waals surface area contributed by atoms with E-state index in [9.17, 15) is 18.0 Å². The van der Waals surface area contributed by atoms with Crippen LogP contribution in [0.1, 0.15) is 16.2 Å². The summed E-state index contributed by atoms with van der Waals surface area (Å²) in [6, 6.07) is 9.39. The van der Waals surface area contributed by atoms with E-state index in [-0.39, 0.29) is 11.7 Å². The van der Waals surface area contributed by atoms with Crippen molar-refractivity contribution in [2.75, 3.05) is 5.32 Å². The minimum atomic E-state index is -4.70. The highest BCUT2D eigenvalue weighted by Gasteiger charge is 2.38. The third-order valence-electron chi connectivity index (χ3n) is 3.73. The number of amides is 1. The Balaban J connectivity index is 1.53. The smallest absolute Gasteiger partial charge is 0.329 e. The molecular weight excluding hydrogens is 363 g/mol. The van der Waals surface area contributed by atoms with Crippen LogP contribution in [0.15, 0.2) is 59.5 Å². The van der Waals surface area contributed by atoms with Crippen LogP contribution in [0.5, 0.6) is 0 Å². The average molecular weight is 373 g/mol. The molecule has 10 heteroatoms. The molecule has 0 aliphatic heterocycles. The summed E-state index contributed by atoms with van der Waals surface area (Å²) in [4.78, 5) is 19.9. The Morgan fingerprint density at radius 2 is 1.89 bits per heavy atom. The first-order chi connectivity index (χ1) is 12.9. The van der Waals surface area contributed by atoms with Crippen molar-refractivity contribution < 1.29 is 22.5 Å². The number of hydrogen-bond acceptors (Lipinski definition) is 5. The molecule has 3 heterocycles. The summed E-state index contributed by atoms with van der Waals surface area (Å²) < 4.78 is 43.5. The van der Waals surface area contributed by atoms with Gasteiger partial charge in [0.25, 0.3) is 5.91 Å². The van der Waals surface area contributed by atoms with Gasteiger partial charge in [0.05, 0.1) is 5.56 Å². The Morgan fingerprint density at radius 3 is 2.59 bits per heavy atom. The standard InChI is InChI=1S/C17H10F3N5O2/c18-17(19,20)16-23-13(24-27-16)10-3-5-11(6-4-10)22-15(26)12-2-1-8-25-9-7-21-14(12)25/h1-9H,(H,22,26). The predicted molar refractivity (Wildman–Crippen MR) is 87.9 cm³/mol. The number of rotatable bonds is 3. The van der Waals surface area contributed by atoms with Crippen LogP contribution < -0.4 is 5.32 Å². The van der Waals surface area contributed by atoms with Gasteiger partial charge in [-0.1, -0.05) is 5.16 Å². The van der Waals surface area contributed by atoms with Gasteiger partial charge in [0.15, 0.2) is 0 Å². The zero-order valence-electron chi connectivity index (χ0n) is 13.4. The first-order valence-electron chi connectivity index (χ1n) is 7.66. The lowest BCUT2D eigenvalue weighted by Gasteiger charge is -2.06. The summed E-state index contributed by atoms with van der Waals surface area (Å²) in [6.45, 7) is 0. The van der Waals surface area contributed by atoms with E-state index in [4.69, 9.17) is 0 Å². The fourth-order valence-corrected chi connectivity index (χ4v) is 2.48. The number of hydrogen-bond donors (Lipinski definition) is 1. The number of aromatic nitrogens is 4. The number of nitrogens with zero attached hydrogens (tertiary/aromatic N) is 4. The lowest BCUT2D eigenvalue weighted by Crippen LogP contribution is -2.13. The molecule has 0 radical (unpaired) electrons. The fraction of sp³-hybridized carbons (Fsp3) is 0.0588. The second-order valence-electron chi connectivity index (χ2n) is 5.53. The third kappa shape index (κ3) is 3.24. The summed E-state index contributed by atoms with van der Waals surface area (Å²) in [5.74, 6) is -1.97. The number of halogens is 3. The van der Waals surface area contributed by atoms with Crippen LogP contribution in [-0.2, 0) is 6.18 Å². The Hall–Kier alpha value is -3.69. The van der Waals surface area contributed by atoms with Gasteiger partial charge in [0.2, 0.25) is 5.82 Å². The van der Waals surface area contributed by atoms with Crippen LogP contribution in [-0.4, -0.2) is 25.4 Å². The van der Waals surface area contributed by atoms with Gasteiger partial charge in [0, 0.05) is 29.8 Å². The molecule has 1 aromatic carbocycles. The Morgan fingerprint density at radius 1 is 1.11 bits per heavy atom. The average Bonchev–Trinajstić information content (AvgIpc) is 3.31. The van der Waals surface area contributed by atoms with Gasteiger partial charge >= 0.3 is 12.1 Å². The van der Waals surface area contributed by atoms with E-state index in [0.717, 1.165) is 0 Å². The van der Waals surface area contributed by atoms with Gasteiger partial charge in [-0.3, -0.25) is 4.79 Å². The zero-order valence-corrected chi connectivity index (χ0v) is 13.4. The zero-order chi connectivity index (χ0) is 19.0. The maximum atomic E-state index is 12.5. The fourth-order valence-electron chi connectivity index (χ4n) is 2.48. The van der Waals surface area contributed by atoms with Crippen molar-refractivity contribution in [3.8, 4) is 11.4 Å². The number of benzene rings is 1. The van der Waals surface area contributed by atoms with Crippen molar-refractivity contribution in [3.05, 3.63) is 66.4 Å². The Bertz CT molecular complexity index is 1120. The normalized spacial score (nSPS) is 11.7. The van der Waals surface area contributed by atoms with Gasteiger partial charge in [-0.15, -0.1) is 0 Å². The molecule has 1 amide bonds. The second-order valence-corrected chi connectivity index (χ2v) is 5.53. The number of pyridine rings is 1. The van der Waals surface area contributed by atoms with Crippen molar-refractivity contribution in [3.63, 3.8) is 0 Å². The topological polar surface area (TPSA) is 85.3 Å². The third-order valence-corrected chi connectivity index (χ3v) is 3.73. The first kappa shape index (κ1) is 16.8. The van der Waals surface area contributed by atoms with Crippen molar-refractivity contribution in [2.24, 2.45) is 0 Å². The van der Waals surface area contributed by atoms with Gasteiger partial charge in [0.1, 0.15) is 5.65 Å². The van der Waals surface area contributed by atoms with E-state index in [0.29, 0.717) is 22.5 Å². The number of nitrogens with one attached hydrogen (secondary N) is 1. The first-order valence-corrected chi connectivity index (χ1v) is 7.66. The molecule has 3 aromatic heterocycles. The van der Waals surface area contributed by atoms with E-state index in [1.807, 2.05) is 0 Å². The number of anilines is 1. The molecule has 4 aromatic rings. The largest absolute Gasteiger partial charge is 0.471 e. The van der Waals surface area contributed by atoms with Crippen molar-refractivity contribution >= 4 is 17.2 Å². The lowest BCUT2D eigenvalue weighted by atomic mass is 10.2. The van der Waals surface area contributed by atoms with Crippen LogP contribution in [0, 0.1) is 0 Å². The quantitative estimate of drug-likeness (QED) is 0.592. The summed E-state index contributed by atoms with van der Waals surface area (Å²) in [7, 11) is 0. The minimum Gasteiger partial charge on any atom is -0.329 e. The molecule has 0 unspecified atom stereocenters. The molecule has 4 rings (SSSR count). The van der Waals surface area contributed by atoms with Crippen LogP contribution in [0.25, 0.3) is 17.0 Å². The molecule has 136 valence electrons. The summed E-state index contributed by atoms with van der Waals surface area (Å²) >= 11 is 0. The monoisotopic (exact) mass is 373 g/mol. The molecule has 0 spiro atoms. The summed E-state index contributed by atoms with van der Waals surface area (Å²) in [6.07, 6.45) is 0.378. The molecule has 0 atom stereocenters. The number of carbonyl (C=O) groups is 1. The highest BCUT2D eigenvalue weighted by Crippen LogP contribution is 2.29. The molecule has 7 nitrogen and oxygen atoms in total. The number of alkyl halides is 3. The molecule has 27 heavy (non-hydrogen) atoms. The van der Waals surface area contributed by atoms with Crippen LogP contribution in [0.3, 0.4) is 0 Å². The van der Waals surface area contributed by atoms with E-state index in [1.54, 1.807) is 35.1 Å². The number of imidazole rings is 1. The lowest BCUT2D eigenvalue weighted by molar-refractivity contribution is -0.159. The molecule has 0 bridgehead atoms. The van der Waals surface area contributed by atoms with E-state index >= 15 is 0 Å². The van der Waals surface area contributed by atoms with E-state index in [2.05, 4.69) is 25.0 Å².